The lowest BCUT2D eigenvalue weighted by Crippen LogP contribution is -2.34. The van der Waals surface area contributed by atoms with E-state index in [1.807, 2.05) is 0 Å². The second kappa shape index (κ2) is 6.21. The summed E-state index contributed by atoms with van der Waals surface area (Å²) in [6.07, 6.45) is 7.26. The lowest BCUT2D eigenvalue weighted by molar-refractivity contribution is -0.119. The Kier molecular flexibility index (Phi) is 4.35. The van der Waals surface area contributed by atoms with Crippen molar-refractivity contribution < 1.29 is 4.79 Å². The first-order valence-electron chi connectivity index (χ1n) is 7.74. The third-order valence-corrected chi connectivity index (χ3v) is 5.49. The number of benzene rings is 1. The van der Waals surface area contributed by atoms with Crippen molar-refractivity contribution in [1.82, 2.24) is 5.32 Å². The number of carbonyl (C=O) groups excluding carboxylic acids is 1. The molecular formula is C17H23NOS. The average molecular weight is 289 g/mol. The summed E-state index contributed by atoms with van der Waals surface area (Å²) < 4.78 is 0. The molecule has 2 aliphatic carbocycles. The summed E-state index contributed by atoms with van der Waals surface area (Å²) in [5.41, 5.74) is 2.98. The Balaban J connectivity index is 1.48. The molecular weight excluding hydrogens is 266 g/mol. The lowest BCUT2D eigenvalue weighted by atomic mass is 10.1. The summed E-state index contributed by atoms with van der Waals surface area (Å²) in [7, 11) is 0. The first kappa shape index (κ1) is 14.0. The van der Waals surface area contributed by atoms with Crippen LogP contribution in [0.3, 0.4) is 0 Å². The van der Waals surface area contributed by atoms with Gasteiger partial charge < -0.3 is 5.32 Å². The number of aryl methyl sites for hydroxylation is 2. The molecule has 1 N–H and O–H groups in total. The Morgan fingerprint density at radius 3 is 2.95 bits per heavy atom. The largest absolute Gasteiger partial charge is 0.353 e. The van der Waals surface area contributed by atoms with Gasteiger partial charge >= 0.3 is 0 Å². The van der Waals surface area contributed by atoms with Crippen LogP contribution >= 0.6 is 11.8 Å². The molecule has 3 heteroatoms. The summed E-state index contributed by atoms with van der Waals surface area (Å²) >= 11 is 1.67. The van der Waals surface area contributed by atoms with Crippen LogP contribution in [0.5, 0.6) is 0 Å². The van der Waals surface area contributed by atoms with Crippen LogP contribution in [0.1, 0.15) is 43.7 Å². The fourth-order valence-corrected chi connectivity index (χ4v) is 4.17. The van der Waals surface area contributed by atoms with E-state index in [-0.39, 0.29) is 5.91 Å². The Morgan fingerprint density at radius 2 is 2.15 bits per heavy atom. The highest BCUT2D eigenvalue weighted by atomic mass is 32.2. The van der Waals surface area contributed by atoms with Crippen molar-refractivity contribution in [3.05, 3.63) is 29.3 Å². The smallest absolute Gasteiger partial charge is 0.230 e. The third kappa shape index (κ3) is 3.38. The average Bonchev–Trinajstić information content (AvgIpc) is 3.04. The molecule has 1 aromatic rings. The maximum atomic E-state index is 12.0. The SMILES string of the molecule is CC1CCC(NC(=O)CSc2ccc3c(c2)CCC3)C1. The normalized spacial score (nSPS) is 24.6. The molecule has 0 spiro atoms. The number of amides is 1. The molecule has 2 unspecified atom stereocenters. The maximum Gasteiger partial charge on any atom is 0.230 e. The molecule has 0 aliphatic heterocycles. The quantitative estimate of drug-likeness (QED) is 0.859. The van der Waals surface area contributed by atoms with Crippen LogP contribution in [0.2, 0.25) is 0 Å². The fourth-order valence-electron chi connectivity index (χ4n) is 3.39. The van der Waals surface area contributed by atoms with Crippen LogP contribution in [0.4, 0.5) is 0 Å². The topological polar surface area (TPSA) is 29.1 Å². The number of nitrogens with one attached hydrogen (secondary N) is 1. The van der Waals surface area contributed by atoms with Crippen molar-refractivity contribution in [2.24, 2.45) is 5.92 Å². The highest BCUT2D eigenvalue weighted by Crippen LogP contribution is 2.28. The molecule has 2 aliphatic rings. The van der Waals surface area contributed by atoms with Gasteiger partial charge in [0.1, 0.15) is 0 Å². The standard InChI is InChI=1S/C17H23NOS/c1-12-5-7-15(9-12)18-17(19)11-20-16-8-6-13-3-2-4-14(13)10-16/h6,8,10,12,15H,2-5,7,9,11H2,1H3,(H,18,19). The van der Waals surface area contributed by atoms with Crippen LogP contribution in [-0.4, -0.2) is 17.7 Å². The van der Waals surface area contributed by atoms with Crippen LogP contribution in [-0.2, 0) is 17.6 Å². The van der Waals surface area contributed by atoms with E-state index >= 15 is 0 Å². The van der Waals surface area contributed by atoms with Crippen LogP contribution in [0.25, 0.3) is 0 Å². The number of carbonyl (C=O) groups is 1. The van der Waals surface area contributed by atoms with E-state index in [1.165, 1.54) is 41.7 Å². The highest BCUT2D eigenvalue weighted by molar-refractivity contribution is 8.00. The zero-order chi connectivity index (χ0) is 13.9. The van der Waals surface area contributed by atoms with Gasteiger partial charge in [-0.15, -0.1) is 11.8 Å². The Labute approximate surface area is 125 Å². The van der Waals surface area contributed by atoms with E-state index in [0.717, 1.165) is 18.8 Å². The number of thioether (sulfide) groups is 1. The van der Waals surface area contributed by atoms with E-state index in [9.17, 15) is 4.79 Å². The molecule has 108 valence electrons. The monoisotopic (exact) mass is 289 g/mol. The molecule has 1 fully saturated rings. The van der Waals surface area contributed by atoms with E-state index in [2.05, 4.69) is 30.4 Å². The number of fused-ring (bicyclic) bond motifs is 1. The Bertz CT molecular complexity index is 500. The first-order valence-corrected chi connectivity index (χ1v) is 8.73. The molecule has 1 saturated carbocycles. The molecule has 2 nitrogen and oxygen atoms in total. The molecule has 0 heterocycles. The second-order valence-electron chi connectivity index (χ2n) is 6.26. The first-order chi connectivity index (χ1) is 9.70. The van der Waals surface area contributed by atoms with Gasteiger partial charge in [-0.1, -0.05) is 13.0 Å². The predicted octanol–water partition coefficient (Wildman–Crippen LogP) is 3.57. The van der Waals surface area contributed by atoms with Gasteiger partial charge in [0.25, 0.3) is 0 Å². The molecule has 3 rings (SSSR count). The Morgan fingerprint density at radius 1 is 1.30 bits per heavy atom. The molecule has 0 bridgehead atoms. The second-order valence-corrected chi connectivity index (χ2v) is 7.30. The summed E-state index contributed by atoms with van der Waals surface area (Å²) in [5, 5.41) is 3.17. The molecule has 2 atom stereocenters. The number of hydrogen-bond acceptors (Lipinski definition) is 2. The summed E-state index contributed by atoms with van der Waals surface area (Å²) in [6, 6.07) is 7.09. The fraction of sp³-hybridized carbons (Fsp3) is 0.588. The van der Waals surface area contributed by atoms with Crippen LogP contribution in [0, 0.1) is 5.92 Å². The number of hydrogen-bond donors (Lipinski definition) is 1. The zero-order valence-electron chi connectivity index (χ0n) is 12.2. The lowest BCUT2D eigenvalue weighted by Gasteiger charge is -2.12. The molecule has 1 aromatic carbocycles. The summed E-state index contributed by atoms with van der Waals surface area (Å²) in [6.45, 7) is 2.27. The molecule has 20 heavy (non-hydrogen) atoms. The van der Waals surface area contributed by atoms with Gasteiger partial charge in [-0.25, -0.2) is 0 Å². The zero-order valence-corrected chi connectivity index (χ0v) is 13.0. The Hall–Kier alpha value is -0.960. The molecule has 1 amide bonds. The maximum absolute atomic E-state index is 12.0. The van der Waals surface area contributed by atoms with Gasteiger partial charge in [0.15, 0.2) is 0 Å². The van der Waals surface area contributed by atoms with Gasteiger partial charge in [0.2, 0.25) is 5.91 Å². The van der Waals surface area contributed by atoms with E-state index in [1.54, 1.807) is 11.8 Å². The van der Waals surface area contributed by atoms with Gasteiger partial charge in [-0.2, -0.15) is 0 Å². The van der Waals surface area contributed by atoms with Crippen molar-refractivity contribution in [3.63, 3.8) is 0 Å². The molecule has 0 saturated heterocycles. The van der Waals surface area contributed by atoms with E-state index in [0.29, 0.717) is 11.8 Å². The minimum absolute atomic E-state index is 0.189. The van der Waals surface area contributed by atoms with Gasteiger partial charge in [-0.05, 0) is 67.7 Å². The van der Waals surface area contributed by atoms with Crippen LogP contribution < -0.4 is 5.32 Å². The van der Waals surface area contributed by atoms with Crippen molar-refractivity contribution in [1.29, 1.82) is 0 Å². The van der Waals surface area contributed by atoms with Gasteiger partial charge in [0, 0.05) is 10.9 Å². The summed E-state index contributed by atoms with van der Waals surface area (Å²) in [4.78, 5) is 13.2. The molecule has 0 aromatic heterocycles. The van der Waals surface area contributed by atoms with E-state index < -0.39 is 0 Å². The van der Waals surface area contributed by atoms with Crippen molar-refractivity contribution in [2.45, 2.75) is 56.4 Å². The van der Waals surface area contributed by atoms with Crippen molar-refractivity contribution in [2.75, 3.05) is 5.75 Å². The van der Waals surface area contributed by atoms with Crippen molar-refractivity contribution in [3.8, 4) is 0 Å². The minimum Gasteiger partial charge on any atom is -0.353 e. The van der Waals surface area contributed by atoms with Gasteiger partial charge in [0.05, 0.1) is 5.75 Å². The van der Waals surface area contributed by atoms with Crippen molar-refractivity contribution >= 4 is 17.7 Å². The molecule has 0 radical (unpaired) electrons. The predicted molar refractivity (Wildman–Crippen MR) is 84.1 cm³/mol. The minimum atomic E-state index is 0.189. The summed E-state index contributed by atoms with van der Waals surface area (Å²) in [5.74, 6) is 1.50. The number of rotatable bonds is 4. The van der Waals surface area contributed by atoms with Crippen LogP contribution in [0.15, 0.2) is 23.1 Å². The third-order valence-electron chi connectivity index (χ3n) is 4.50. The highest BCUT2D eigenvalue weighted by Gasteiger charge is 2.22. The van der Waals surface area contributed by atoms with E-state index in [4.69, 9.17) is 0 Å². The van der Waals surface area contributed by atoms with Gasteiger partial charge in [-0.3, -0.25) is 4.79 Å².